The molecule has 0 saturated carbocycles. The molecule has 5 aliphatic rings. The van der Waals surface area contributed by atoms with Gasteiger partial charge < -0.3 is 0 Å². The number of halogens is 28. The van der Waals surface area contributed by atoms with Crippen molar-refractivity contribution in [3.8, 4) is 0 Å². The molecule has 4 aromatic carbocycles. The van der Waals surface area contributed by atoms with E-state index in [4.69, 9.17) is 0 Å². The lowest BCUT2D eigenvalue weighted by molar-refractivity contribution is 0.375. The summed E-state index contributed by atoms with van der Waals surface area (Å²) < 4.78 is 313. The van der Waals surface area contributed by atoms with Gasteiger partial charge in [0.2, 0.25) is 23.3 Å². The average molecular weight is 1600 g/mol. The molecule has 8 bridgehead atoms. The molecule has 0 fully saturated rings. The first kappa shape index (κ1) is 56.6. The van der Waals surface area contributed by atoms with Crippen molar-refractivity contribution in [3.63, 3.8) is 0 Å². The van der Waals surface area contributed by atoms with Gasteiger partial charge in [-0.3, -0.25) is 0 Å². The van der Waals surface area contributed by atoms with Crippen molar-refractivity contribution in [2.45, 2.75) is 0 Å². The molecule has 0 saturated heterocycles. The highest BCUT2D eigenvalue weighted by molar-refractivity contribution is 9.15. The van der Waals surface area contributed by atoms with Crippen LogP contribution in [-0.4, -0.2) is 22.8 Å². The molecule has 9 rings (SSSR count). The van der Waals surface area contributed by atoms with Crippen molar-refractivity contribution in [2.24, 2.45) is 20.0 Å². The Hall–Kier alpha value is -4.08. The molecular formula is C44Br8F20N4. The minimum Gasteiger partial charge on any atom is -0.246 e. The Morgan fingerprint density at radius 2 is 0.395 bits per heavy atom. The molecular weight excluding hydrogens is 1600 g/mol. The second kappa shape index (κ2) is 19.9. The van der Waals surface area contributed by atoms with Crippen LogP contribution in [-0.2, 0) is 0 Å². The first-order valence-corrected chi connectivity index (χ1v) is 25.4. The zero-order chi connectivity index (χ0) is 56.2. The summed E-state index contributed by atoms with van der Waals surface area (Å²) >= 11 is 24.9. The molecule has 5 aliphatic heterocycles. The molecule has 0 N–H and O–H groups in total. The van der Waals surface area contributed by atoms with Crippen LogP contribution in [0.1, 0.15) is 22.3 Å². The van der Waals surface area contributed by atoms with Gasteiger partial charge in [0.05, 0.1) is 104 Å². The van der Waals surface area contributed by atoms with Gasteiger partial charge in [-0.1, -0.05) is 0 Å². The molecule has 0 aliphatic carbocycles. The van der Waals surface area contributed by atoms with Crippen LogP contribution in [0.5, 0.6) is 0 Å². The topological polar surface area (TPSA) is 49.4 Å². The standard InChI is InChI=1S/C44Br8F20N4/c45-9-3(6-21(57)29(65)35(71)30(66)22(6)58)38-8(7-23(59)31(67)36(72)32(68)24(7)60)37-1(4-17(53)25(61)33(69)26(62)18(4)54)2(5-19(55)27(63)34(70)28(64)20(5)56)39(73-37)14(50)41-10(46)11(47)43(75-41)16(52)44-13(49)12(48)42(76-44)15(51)40(9)74-38. The summed E-state index contributed by atoms with van der Waals surface area (Å²) in [6, 6.07) is 0. The van der Waals surface area contributed by atoms with Crippen LogP contribution in [0, 0.1) is 116 Å². The number of nitrogens with zero attached hydrogens (tertiary/aromatic N) is 4. The number of aliphatic imine (C=N–C) groups is 4. The van der Waals surface area contributed by atoms with Crippen LogP contribution in [0.2, 0.25) is 0 Å². The fourth-order valence-corrected chi connectivity index (χ4v) is 13.3. The molecule has 76 heavy (non-hydrogen) atoms. The first-order valence-electron chi connectivity index (χ1n) is 19.1. The minimum atomic E-state index is -3.12. The van der Waals surface area contributed by atoms with Gasteiger partial charge in [0.1, 0.15) is 0 Å². The van der Waals surface area contributed by atoms with Crippen LogP contribution in [0.25, 0.3) is 22.3 Å². The molecule has 4 nitrogen and oxygen atoms in total. The van der Waals surface area contributed by atoms with Gasteiger partial charge in [0.25, 0.3) is 0 Å². The van der Waals surface area contributed by atoms with Crippen molar-refractivity contribution in [3.05, 3.63) is 197 Å². The van der Waals surface area contributed by atoms with E-state index >= 15 is 70.2 Å². The fraction of sp³-hybridized carbons (Fsp3) is 0. The molecule has 32 heteroatoms. The summed E-state index contributed by atoms with van der Waals surface area (Å²) in [4.78, 5) is 16.6. The molecule has 0 spiro atoms. The molecule has 0 unspecified atom stereocenters. The maximum atomic E-state index is 16.8. The Morgan fingerprint density at radius 1 is 0.171 bits per heavy atom. The van der Waals surface area contributed by atoms with E-state index in [0.29, 0.717) is 0 Å². The minimum absolute atomic E-state index is 0.0502. The highest BCUT2D eigenvalue weighted by atomic mass is 79.9. The van der Waals surface area contributed by atoms with E-state index in [2.05, 4.69) is 147 Å². The number of hydrogen-bond donors (Lipinski definition) is 0. The Labute approximate surface area is 473 Å². The maximum Gasteiger partial charge on any atom is 0.200 e. The number of benzene rings is 4. The van der Waals surface area contributed by atoms with Crippen molar-refractivity contribution >= 4 is 173 Å². The predicted octanol–water partition coefficient (Wildman–Crippen LogP) is 18.3. The zero-order valence-electron chi connectivity index (χ0n) is 34.4. The summed E-state index contributed by atoms with van der Waals surface area (Å²) in [5.74, 6) is -60.3. The average Bonchev–Trinajstić information content (AvgIpc) is 4.11. The Kier molecular flexibility index (Phi) is 14.8. The van der Waals surface area contributed by atoms with Crippen molar-refractivity contribution in [1.29, 1.82) is 0 Å². The molecule has 0 atom stereocenters. The van der Waals surface area contributed by atoms with Crippen molar-refractivity contribution in [2.75, 3.05) is 0 Å². The number of fused-ring (bicyclic) bond motifs is 4. The van der Waals surface area contributed by atoms with E-state index in [1.807, 2.05) is 0 Å². The van der Waals surface area contributed by atoms with E-state index < -0.39 is 209 Å². The Balaban J connectivity index is 1.70. The van der Waals surface area contributed by atoms with E-state index in [-0.39, 0.29) is 33.8 Å². The first-order chi connectivity index (χ1) is 35.4. The van der Waals surface area contributed by atoms with Gasteiger partial charge in [0, 0.05) is 22.3 Å². The highest BCUT2D eigenvalue weighted by Crippen LogP contribution is 2.55. The van der Waals surface area contributed by atoms with Crippen LogP contribution in [0.4, 0.5) is 87.8 Å². The van der Waals surface area contributed by atoms with Crippen LogP contribution < -0.4 is 0 Å². The molecule has 5 heterocycles. The number of allylic oxidation sites excluding steroid dienone is 12. The SMILES string of the molecule is Fc1c(F)c(F)c(C2=C(Br)C3=C(Br)C4=NC(=C(Br)C5=NC(=C(Br)C6=NC(=C(c7c(F)c(F)c(F)c(F)c7F)C2=N3)C(c2c(F)c(F)c(F)c(F)c2F)=C6c2c(F)c(F)c(F)c(F)c2F)C(Br)=C5Br)C(Br)=C4Br)c(F)c1F. The van der Waals surface area contributed by atoms with Crippen molar-refractivity contribution in [1.82, 2.24) is 0 Å². The molecule has 0 radical (unpaired) electrons. The van der Waals surface area contributed by atoms with Gasteiger partial charge in [-0.25, -0.2) is 108 Å². The lowest BCUT2D eigenvalue weighted by Crippen LogP contribution is -2.17. The van der Waals surface area contributed by atoms with E-state index in [0.717, 1.165) is 0 Å². The summed E-state index contributed by atoms with van der Waals surface area (Å²) in [5, 5.41) is 0. The van der Waals surface area contributed by atoms with Gasteiger partial charge in [-0.15, -0.1) is 0 Å². The second-order valence-corrected chi connectivity index (χ2v) is 21.4. The van der Waals surface area contributed by atoms with Crippen LogP contribution >= 0.6 is 127 Å². The summed E-state index contributed by atoms with van der Waals surface area (Å²) in [6.45, 7) is 0. The summed E-state index contributed by atoms with van der Waals surface area (Å²) in [7, 11) is 0. The normalized spacial score (nSPS) is 17.1. The second-order valence-electron chi connectivity index (χ2n) is 15.0. The van der Waals surface area contributed by atoms with Crippen LogP contribution in [0.3, 0.4) is 0 Å². The quantitative estimate of drug-likeness (QED) is 0.111. The third-order valence-corrected chi connectivity index (χ3v) is 18.2. The molecule has 392 valence electrons. The molecule has 0 amide bonds. The van der Waals surface area contributed by atoms with E-state index in [1.165, 1.54) is 0 Å². The lowest BCUT2D eigenvalue weighted by atomic mass is 9.84. The van der Waals surface area contributed by atoms with Gasteiger partial charge in [-0.2, -0.15) is 0 Å². The Bertz CT molecular complexity index is 3900. The van der Waals surface area contributed by atoms with Gasteiger partial charge in [-0.05, 0) is 127 Å². The monoisotopic (exact) mass is 1600 g/mol. The Morgan fingerprint density at radius 3 is 0.724 bits per heavy atom. The lowest BCUT2D eigenvalue weighted by Gasteiger charge is -2.20. The van der Waals surface area contributed by atoms with E-state index in [1.54, 1.807) is 0 Å². The van der Waals surface area contributed by atoms with E-state index in [9.17, 15) is 17.6 Å². The van der Waals surface area contributed by atoms with Crippen LogP contribution in [0.15, 0.2) is 78.6 Å². The predicted molar refractivity (Wildman–Crippen MR) is 262 cm³/mol. The van der Waals surface area contributed by atoms with Gasteiger partial charge >= 0.3 is 0 Å². The molecule has 0 aromatic heterocycles. The third-order valence-electron chi connectivity index (χ3n) is 11.1. The zero-order valence-corrected chi connectivity index (χ0v) is 47.1. The number of rotatable bonds is 4. The molecule has 4 aromatic rings. The maximum absolute atomic E-state index is 16.8. The third kappa shape index (κ3) is 7.99. The largest absolute Gasteiger partial charge is 0.246 e. The van der Waals surface area contributed by atoms with Crippen molar-refractivity contribution < 1.29 is 87.8 Å². The summed E-state index contributed by atoms with van der Waals surface area (Å²) in [6.07, 6.45) is 0. The summed E-state index contributed by atoms with van der Waals surface area (Å²) in [5.41, 5.74) is -27.0. The highest BCUT2D eigenvalue weighted by Gasteiger charge is 2.47. The fourth-order valence-electron chi connectivity index (χ4n) is 7.68. The smallest absolute Gasteiger partial charge is 0.200 e. The van der Waals surface area contributed by atoms with Gasteiger partial charge in [0.15, 0.2) is 93.1 Å². The number of hydrogen-bond acceptors (Lipinski definition) is 4.